The number of anilines is 2. The standard InChI is InChI=1S/C16H20N2OS/c1-5-12-8-7-9-13(6-2)15(12)17-16-14(11(4)19)10(3)18-20-16/h7-9,17H,5-6H2,1-4H3. The van der Waals surface area contributed by atoms with Gasteiger partial charge in [0, 0.05) is 5.69 Å². The Hall–Kier alpha value is -1.68. The zero-order chi connectivity index (χ0) is 14.7. The normalized spacial score (nSPS) is 10.6. The van der Waals surface area contributed by atoms with Crippen molar-refractivity contribution in [2.75, 3.05) is 5.32 Å². The molecule has 0 radical (unpaired) electrons. The maximum Gasteiger partial charge on any atom is 0.164 e. The summed E-state index contributed by atoms with van der Waals surface area (Å²) in [6.45, 7) is 7.76. The Morgan fingerprint density at radius 3 is 2.35 bits per heavy atom. The average Bonchev–Trinajstić information content (AvgIpc) is 2.80. The van der Waals surface area contributed by atoms with Crippen LogP contribution < -0.4 is 5.32 Å². The number of para-hydroxylation sites is 1. The van der Waals surface area contributed by atoms with Gasteiger partial charge in [-0.1, -0.05) is 32.0 Å². The van der Waals surface area contributed by atoms with Gasteiger partial charge in [-0.2, -0.15) is 4.37 Å². The summed E-state index contributed by atoms with van der Waals surface area (Å²) in [7, 11) is 0. The van der Waals surface area contributed by atoms with Crippen molar-refractivity contribution in [3.63, 3.8) is 0 Å². The summed E-state index contributed by atoms with van der Waals surface area (Å²) in [6, 6.07) is 6.35. The number of ketones is 1. The zero-order valence-electron chi connectivity index (χ0n) is 12.4. The molecule has 2 rings (SSSR count). The molecule has 1 aromatic carbocycles. The van der Waals surface area contributed by atoms with Gasteiger partial charge in [0.05, 0.1) is 11.3 Å². The number of carbonyl (C=O) groups excluding carboxylic acids is 1. The average molecular weight is 288 g/mol. The number of nitrogens with zero attached hydrogens (tertiary/aromatic N) is 1. The van der Waals surface area contributed by atoms with Crippen LogP contribution in [0.2, 0.25) is 0 Å². The third kappa shape index (κ3) is 2.75. The second kappa shape index (κ2) is 6.18. The van der Waals surface area contributed by atoms with Crippen LogP contribution in [0.1, 0.15) is 48.0 Å². The highest BCUT2D eigenvalue weighted by Gasteiger charge is 2.16. The van der Waals surface area contributed by atoms with Crippen LogP contribution in [0.25, 0.3) is 0 Å². The first kappa shape index (κ1) is 14.7. The molecule has 106 valence electrons. The number of hydrogen-bond acceptors (Lipinski definition) is 4. The first-order chi connectivity index (χ1) is 9.58. The number of Topliss-reactive ketones (excluding diaryl/α,β-unsaturated/α-hetero) is 1. The van der Waals surface area contributed by atoms with E-state index in [1.54, 1.807) is 6.92 Å². The molecule has 0 fully saturated rings. The van der Waals surface area contributed by atoms with Crippen molar-refractivity contribution in [3.05, 3.63) is 40.6 Å². The zero-order valence-corrected chi connectivity index (χ0v) is 13.2. The van der Waals surface area contributed by atoms with Crippen LogP contribution in [0.4, 0.5) is 10.7 Å². The van der Waals surface area contributed by atoms with Crippen LogP contribution in [0.15, 0.2) is 18.2 Å². The van der Waals surface area contributed by atoms with Crippen molar-refractivity contribution in [1.29, 1.82) is 0 Å². The lowest BCUT2D eigenvalue weighted by Gasteiger charge is -2.14. The molecule has 0 bridgehead atoms. The van der Waals surface area contributed by atoms with E-state index in [0.29, 0.717) is 5.56 Å². The summed E-state index contributed by atoms with van der Waals surface area (Å²) >= 11 is 1.36. The van der Waals surface area contributed by atoms with E-state index in [9.17, 15) is 4.79 Å². The lowest BCUT2D eigenvalue weighted by atomic mass is 10.0. The van der Waals surface area contributed by atoms with Gasteiger partial charge in [0.2, 0.25) is 0 Å². The fourth-order valence-electron chi connectivity index (χ4n) is 2.39. The van der Waals surface area contributed by atoms with E-state index < -0.39 is 0 Å². The summed E-state index contributed by atoms with van der Waals surface area (Å²) in [5.41, 5.74) is 5.18. The Labute approximate surface area is 124 Å². The molecule has 0 aliphatic heterocycles. The van der Waals surface area contributed by atoms with Crippen LogP contribution in [0, 0.1) is 6.92 Å². The number of hydrogen-bond donors (Lipinski definition) is 1. The first-order valence-electron chi connectivity index (χ1n) is 6.93. The third-order valence-corrected chi connectivity index (χ3v) is 4.31. The minimum Gasteiger partial charge on any atom is -0.345 e. The minimum atomic E-state index is 0.0609. The molecule has 0 amide bonds. The Morgan fingerprint density at radius 1 is 1.25 bits per heavy atom. The Kier molecular flexibility index (Phi) is 4.55. The Balaban J connectivity index is 2.47. The van der Waals surface area contributed by atoms with Crippen LogP contribution in [-0.4, -0.2) is 10.2 Å². The molecule has 1 heterocycles. The first-order valence-corrected chi connectivity index (χ1v) is 7.70. The van der Waals surface area contributed by atoms with Crippen molar-refractivity contribution in [1.82, 2.24) is 4.37 Å². The number of carbonyl (C=O) groups is 1. The number of aryl methyl sites for hydroxylation is 3. The minimum absolute atomic E-state index is 0.0609. The largest absolute Gasteiger partial charge is 0.345 e. The molecule has 0 spiro atoms. The Morgan fingerprint density at radius 2 is 1.85 bits per heavy atom. The molecule has 2 aromatic rings. The molecule has 4 heteroatoms. The van der Waals surface area contributed by atoms with Crippen LogP contribution >= 0.6 is 11.5 Å². The monoisotopic (exact) mass is 288 g/mol. The van der Waals surface area contributed by atoms with Gasteiger partial charge in [-0.3, -0.25) is 4.79 Å². The van der Waals surface area contributed by atoms with Gasteiger partial charge < -0.3 is 5.32 Å². The SMILES string of the molecule is CCc1cccc(CC)c1Nc1snc(C)c1C(C)=O. The topological polar surface area (TPSA) is 42.0 Å². The molecule has 1 aromatic heterocycles. The molecule has 0 saturated heterocycles. The maximum atomic E-state index is 11.8. The van der Waals surface area contributed by atoms with Gasteiger partial charge in [0.25, 0.3) is 0 Å². The van der Waals surface area contributed by atoms with E-state index in [1.165, 1.54) is 22.7 Å². The molecular formula is C16H20N2OS. The fraction of sp³-hybridized carbons (Fsp3) is 0.375. The molecule has 3 nitrogen and oxygen atoms in total. The van der Waals surface area contributed by atoms with E-state index in [2.05, 4.69) is 41.7 Å². The predicted octanol–water partition coefficient (Wildman–Crippen LogP) is 4.52. The third-order valence-electron chi connectivity index (χ3n) is 3.45. The summed E-state index contributed by atoms with van der Waals surface area (Å²) < 4.78 is 4.30. The number of rotatable bonds is 5. The second-order valence-electron chi connectivity index (χ2n) is 4.81. The van der Waals surface area contributed by atoms with E-state index >= 15 is 0 Å². The van der Waals surface area contributed by atoms with E-state index in [0.717, 1.165) is 29.2 Å². The molecule has 0 atom stereocenters. The van der Waals surface area contributed by atoms with E-state index in [1.807, 2.05) is 6.92 Å². The second-order valence-corrected chi connectivity index (χ2v) is 5.59. The van der Waals surface area contributed by atoms with Gasteiger partial charge >= 0.3 is 0 Å². The fourth-order valence-corrected chi connectivity index (χ4v) is 3.24. The molecule has 0 unspecified atom stereocenters. The van der Waals surface area contributed by atoms with E-state index in [-0.39, 0.29) is 5.78 Å². The smallest absolute Gasteiger partial charge is 0.164 e. The van der Waals surface area contributed by atoms with Gasteiger partial charge in [-0.05, 0) is 49.3 Å². The molecule has 0 saturated carbocycles. The number of benzene rings is 1. The van der Waals surface area contributed by atoms with Gasteiger partial charge in [0.1, 0.15) is 5.00 Å². The molecule has 20 heavy (non-hydrogen) atoms. The van der Waals surface area contributed by atoms with Crippen molar-refractivity contribution in [3.8, 4) is 0 Å². The lowest BCUT2D eigenvalue weighted by molar-refractivity contribution is 0.101. The van der Waals surface area contributed by atoms with Crippen LogP contribution in [-0.2, 0) is 12.8 Å². The van der Waals surface area contributed by atoms with Crippen molar-refractivity contribution in [2.45, 2.75) is 40.5 Å². The van der Waals surface area contributed by atoms with Gasteiger partial charge in [0.15, 0.2) is 5.78 Å². The quantitative estimate of drug-likeness (QED) is 0.822. The van der Waals surface area contributed by atoms with Gasteiger partial charge in [-0.25, -0.2) is 0 Å². The summed E-state index contributed by atoms with van der Waals surface area (Å²) in [5.74, 6) is 0.0609. The molecule has 0 aliphatic rings. The summed E-state index contributed by atoms with van der Waals surface area (Å²) in [6.07, 6.45) is 1.92. The lowest BCUT2D eigenvalue weighted by Crippen LogP contribution is -2.03. The summed E-state index contributed by atoms with van der Waals surface area (Å²) in [4.78, 5) is 11.8. The van der Waals surface area contributed by atoms with Crippen molar-refractivity contribution < 1.29 is 4.79 Å². The highest BCUT2D eigenvalue weighted by atomic mass is 32.1. The van der Waals surface area contributed by atoms with Crippen molar-refractivity contribution in [2.24, 2.45) is 0 Å². The predicted molar refractivity (Wildman–Crippen MR) is 85.3 cm³/mol. The molecular weight excluding hydrogens is 268 g/mol. The van der Waals surface area contributed by atoms with Crippen LogP contribution in [0.3, 0.4) is 0 Å². The van der Waals surface area contributed by atoms with E-state index in [4.69, 9.17) is 0 Å². The van der Waals surface area contributed by atoms with Gasteiger partial charge in [-0.15, -0.1) is 0 Å². The highest BCUT2D eigenvalue weighted by molar-refractivity contribution is 7.10. The Bertz CT molecular complexity index is 609. The highest BCUT2D eigenvalue weighted by Crippen LogP contribution is 2.32. The molecule has 0 aliphatic carbocycles. The van der Waals surface area contributed by atoms with Crippen LogP contribution in [0.5, 0.6) is 0 Å². The number of nitrogens with one attached hydrogen (secondary N) is 1. The number of aromatic nitrogens is 1. The summed E-state index contributed by atoms with van der Waals surface area (Å²) in [5, 5.41) is 4.30. The maximum absolute atomic E-state index is 11.8. The molecule has 1 N–H and O–H groups in total. The van der Waals surface area contributed by atoms with Crippen molar-refractivity contribution >= 4 is 28.0 Å².